The van der Waals surface area contributed by atoms with Gasteiger partial charge in [0.15, 0.2) is 0 Å². The van der Waals surface area contributed by atoms with Crippen LogP contribution in [0.2, 0.25) is 0 Å². The maximum atomic E-state index is 10.6. The molecule has 18 heavy (non-hydrogen) atoms. The largest absolute Gasteiger partial charge is 0.439 e. The number of ether oxygens (including phenoxy) is 1. The molecule has 2 aromatic rings. The van der Waals surface area contributed by atoms with Crippen molar-refractivity contribution in [3.05, 3.63) is 52.2 Å². The lowest BCUT2D eigenvalue weighted by Crippen LogP contribution is -1.96. The van der Waals surface area contributed by atoms with Crippen LogP contribution in [0, 0.1) is 17.0 Å². The van der Waals surface area contributed by atoms with Crippen LogP contribution in [0.25, 0.3) is 0 Å². The topological polar surface area (TPSA) is 91.3 Å². The summed E-state index contributed by atoms with van der Waals surface area (Å²) >= 11 is 0. The molecule has 0 unspecified atom stereocenters. The summed E-state index contributed by atoms with van der Waals surface area (Å²) in [5, 5.41) is 10.6. The summed E-state index contributed by atoms with van der Waals surface area (Å²) < 4.78 is 5.46. The molecule has 0 fully saturated rings. The van der Waals surface area contributed by atoms with Gasteiger partial charge in [-0.05, 0) is 19.1 Å². The number of anilines is 1. The van der Waals surface area contributed by atoms with Gasteiger partial charge in [-0.1, -0.05) is 6.07 Å². The highest BCUT2D eigenvalue weighted by Gasteiger charge is 2.12. The van der Waals surface area contributed by atoms with Crippen LogP contribution in [0.15, 0.2) is 36.4 Å². The molecule has 0 spiro atoms. The molecular formula is C12H11N3O3. The van der Waals surface area contributed by atoms with Crippen LogP contribution in [0.3, 0.4) is 0 Å². The molecule has 0 aliphatic rings. The van der Waals surface area contributed by atoms with Crippen molar-refractivity contribution in [1.82, 2.24) is 4.98 Å². The zero-order chi connectivity index (χ0) is 13.1. The monoisotopic (exact) mass is 245 g/mol. The number of aromatic nitrogens is 1. The van der Waals surface area contributed by atoms with Crippen molar-refractivity contribution in [2.45, 2.75) is 6.92 Å². The minimum atomic E-state index is -0.480. The third-order valence-corrected chi connectivity index (χ3v) is 2.31. The number of aryl methyl sites for hydroxylation is 1. The van der Waals surface area contributed by atoms with E-state index in [0.717, 1.165) is 0 Å². The number of nitrogens with zero attached hydrogens (tertiary/aromatic N) is 2. The Morgan fingerprint density at radius 3 is 2.72 bits per heavy atom. The summed E-state index contributed by atoms with van der Waals surface area (Å²) in [6.45, 7) is 1.56. The molecule has 2 N–H and O–H groups in total. The Morgan fingerprint density at radius 2 is 2.11 bits per heavy atom. The third-order valence-electron chi connectivity index (χ3n) is 2.31. The van der Waals surface area contributed by atoms with Crippen molar-refractivity contribution in [2.75, 3.05) is 5.73 Å². The van der Waals surface area contributed by atoms with Gasteiger partial charge < -0.3 is 10.5 Å². The van der Waals surface area contributed by atoms with Crippen LogP contribution < -0.4 is 10.5 Å². The first-order chi connectivity index (χ1) is 8.56. The number of nitro groups is 1. The molecule has 0 aliphatic heterocycles. The van der Waals surface area contributed by atoms with E-state index in [-0.39, 0.29) is 5.69 Å². The predicted octanol–water partition coefficient (Wildman–Crippen LogP) is 2.67. The van der Waals surface area contributed by atoms with Crippen molar-refractivity contribution in [3.63, 3.8) is 0 Å². The number of rotatable bonds is 3. The number of pyridine rings is 1. The Kier molecular flexibility index (Phi) is 3.09. The Balaban J connectivity index is 2.25. The quantitative estimate of drug-likeness (QED) is 0.510. The van der Waals surface area contributed by atoms with Crippen LogP contribution in [0.5, 0.6) is 11.6 Å². The van der Waals surface area contributed by atoms with Crippen molar-refractivity contribution in [3.8, 4) is 11.6 Å². The first kappa shape index (κ1) is 11.8. The molecule has 1 heterocycles. The molecule has 2 rings (SSSR count). The van der Waals surface area contributed by atoms with Crippen LogP contribution in [0.1, 0.15) is 5.69 Å². The highest BCUT2D eigenvalue weighted by Crippen LogP contribution is 2.24. The summed E-state index contributed by atoms with van der Waals surface area (Å²) in [4.78, 5) is 14.2. The minimum Gasteiger partial charge on any atom is -0.439 e. The van der Waals surface area contributed by atoms with Crippen molar-refractivity contribution in [2.24, 2.45) is 0 Å². The third kappa shape index (κ3) is 2.54. The maximum absolute atomic E-state index is 10.6. The fraction of sp³-hybridized carbons (Fsp3) is 0.0833. The molecule has 6 heteroatoms. The maximum Gasteiger partial charge on any atom is 0.290 e. The number of hydrogen-bond acceptors (Lipinski definition) is 5. The summed E-state index contributed by atoms with van der Waals surface area (Å²) in [6.07, 6.45) is 0. The van der Waals surface area contributed by atoms with E-state index >= 15 is 0 Å². The summed E-state index contributed by atoms with van der Waals surface area (Å²) in [5.74, 6) is 0.833. The average molecular weight is 245 g/mol. The number of nitrogens with two attached hydrogens (primary N) is 1. The first-order valence-corrected chi connectivity index (χ1v) is 5.21. The number of hydrogen-bond donors (Lipinski definition) is 1. The lowest BCUT2D eigenvalue weighted by Gasteiger charge is -2.06. The number of nitrogen functional groups attached to an aromatic ring is 1. The van der Waals surface area contributed by atoms with E-state index < -0.39 is 4.92 Å². The van der Waals surface area contributed by atoms with Gasteiger partial charge in [-0.2, -0.15) is 0 Å². The van der Waals surface area contributed by atoms with Gasteiger partial charge in [0.05, 0.1) is 4.92 Å². The highest BCUT2D eigenvalue weighted by molar-refractivity contribution is 5.45. The molecular weight excluding hydrogens is 234 g/mol. The van der Waals surface area contributed by atoms with E-state index in [1.165, 1.54) is 12.1 Å². The average Bonchev–Trinajstić information content (AvgIpc) is 2.28. The van der Waals surface area contributed by atoms with Gasteiger partial charge >= 0.3 is 0 Å². The Labute approximate surface area is 103 Å². The normalized spacial score (nSPS) is 10.1. The molecule has 0 amide bonds. The SMILES string of the molecule is Cc1nc(Oc2cccc(N)c2)ccc1[N+](=O)[O-]. The predicted molar refractivity (Wildman–Crippen MR) is 66.6 cm³/mol. The second-order valence-corrected chi connectivity index (χ2v) is 3.69. The van der Waals surface area contributed by atoms with Crippen LogP contribution in [-0.2, 0) is 0 Å². The fourth-order valence-electron chi connectivity index (χ4n) is 1.48. The second kappa shape index (κ2) is 4.70. The zero-order valence-electron chi connectivity index (χ0n) is 9.66. The molecule has 92 valence electrons. The molecule has 1 aromatic heterocycles. The Bertz CT molecular complexity index is 599. The Hall–Kier alpha value is -2.63. The first-order valence-electron chi connectivity index (χ1n) is 5.21. The molecule has 0 atom stereocenters. The van der Waals surface area contributed by atoms with Gasteiger partial charge in [0, 0.05) is 23.9 Å². The van der Waals surface area contributed by atoms with Crippen molar-refractivity contribution < 1.29 is 9.66 Å². The van der Waals surface area contributed by atoms with Gasteiger partial charge in [0.2, 0.25) is 5.88 Å². The zero-order valence-corrected chi connectivity index (χ0v) is 9.66. The van der Waals surface area contributed by atoms with Crippen molar-refractivity contribution >= 4 is 11.4 Å². The second-order valence-electron chi connectivity index (χ2n) is 3.69. The standard InChI is InChI=1S/C12H11N3O3/c1-8-11(15(16)17)5-6-12(14-8)18-10-4-2-3-9(13)7-10/h2-7H,13H2,1H3. The molecule has 6 nitrogen and oxygen atoms in total. The number of benzene rings is 1. The summed E-state index contributed by atoms with van der Waals surface area (Å²) in [5.41, 5.74) is 6.47. The molecule has 0 saturated carbocycles. The lowest BCUT2D eigenvalue weighted by atomic mass is 10.3. The molecule has 0 bridgehead atoms. The van der Waals surface area contributed by atoms with E-state index in [1.54, 1.807) is 31.2 Å². The fourth-order valence-corrected chi connectivity index (χ4v) is 1.48. The summed E-state index contributed by atoms with van der Waals surface area (Å²) in [7, 11) is 0. The van der Waals surface area contributed by atoms with Crippen LogP contribution in [0.4, 0.5) is 11.4 Å². The van der Waals surface area contributed by atoms with E-state index in [2.05, 4.69) is 4.98 Å². The minimum absolute atomic E-state index is 0.0325. The molecule has 1 aromatic carbocycles. The van der Waals surface area contributed by atoms with E-state index in [1.807, 2.05) is 0 Å². The van der Waals surface area contributed by atoms with Crippen LogP contribution in [-0.4, -0.2) is 9.91 Å². The van der Waals surface area contributed by atoms with Crippen LogP contribution >= 0.6 is 0 Å². The highest BCUT2D eigenvalue weighted by atomic mass is 16.6. The van der Waals surface area contributed by atoms with Gasteiger partial charge in [-0.25, -0.2) is 4.98 Å². The lowest BCUT2D eigenvalue weighted by molar-refractivity contribution is -0.385. The molecule has 0 saturated heterocycles. The van der Waals surface area contributed by atoms with Gasteiger partial charge in [0.25, 0.3) is 5.69 Å². The van der Waals surface area contributed by atoms with E-state index in [0.29, 0.717) is 23.0 Å². The smallest absolute Gasteiger partial charge is 0.290 e. The van der Waals surface area contributed by atoms with Crippen molar-refractivity contribution in [1.29, 1.82) is 0 Å². The van der Waals surface area contributed by atoms with E-state index in [9.17, 15) is 10.1 Å². The summed E-state index contributed by atoms with van der Waals surface area (Å²) in [6, 6.07) is 9.69. The molecule has 0 radical (unpaired) electrons. The van der Waals surface area contributed by atoms with Gasteiger partial charge in [-0.15, -0.1) is 0 Å². The van der Waals surface area contributed by atoms with Gasteiger partial charge in [0.1, 0.15) is 11.4 Å². The Morgan fingerprint density at radius 1 is 1.33 bits per heavy atom. The van der Waals surface area contributed by atoms with Gasteiger partial charge in [-0.3, -0.25) is 10.1 Å². The van der Waals surface area contributed by atoms with E-state index in [4.69, 9.17) is 10.5 Å². The molecule has 0 aliphatic carbocycles.